The van der Waals surface area contributed by atoms with Crippen LogP contribution in [0.2, 0.25) is 0 Å². The van der Waals surface area contributed by atoms with Gasteiger partial charge in [0.05, 0.1) is 24.2 Å². The summed E-state index contributed by atoms with van der Waals surface area (Å²) >= 11 is 3.44. The van der Waals surface area contributed by atoms with Gasteiger partial charge in [-0.05, 0) is 65.2 Å². The number of rotatable bonds is 7. The van der Waals surface area contributed by atoms with Crippen molar-refractivity contribution in [3.8, 4) is 11.5 Å². The third-order valence-corrected chi connectivity index (χ3v) is 4.33. The SMILES string of the molecule is CCOc1ccc(C(C)NC(=O)NCc2ccc(OC)c(Br)c2)cc1. The number of benzene rings is 2. The van der Waals surface area contributed by atoms with Gasteiger partial charge in [0, 0.05) is 6.54 Å². The largest absolute Gasteiger partial charge is 0.496 e. The van der Waals surface area contributed by atoms with Gasteiger partial charge < -0.3 is 20.1 Å². The number of methoxy groups -OCH3 is 1. The highest BCUT2D eigenvalue weighted by atomic mass is 79.9. The van der Waals surface area contributed by atoms with Crippen molar-refractivity contribution in [3.05, 3.63) is 58.1 Å². The molecular formula is C19H23BrN2O3. The van der Waals surface area contributed by atoms with E-state index in [0.29, 0.717) is 13.2 Å². The molecule has 0 bridgehead atoms. The predicted octanol–water partition coefficient (Wildman–Crippen LogP) is 4.42. The van der Waals surface area contributed by atoms with Crippen molar-refractivity contribution in [2.75, 3.05) is 13.7 Å². The fourth-order valence-electron chi connectivity index (χ4n) is 2.35. The maximum atomic E-state index is 12.1. The zero-order chi connectivity index (χ0) is 18.2. The van der Waals surface area contributed by atoms with Crippen LogP contribution < -0.4 is 20.1 Å². The number of carbonyl (C=O) groups excluding carboxylic acids is 1. The van der Waals surface area contributed by atoms with Crippen LogP contribution in [0.1, 0.15) is 31.0 Å². The number of amides is 2. The monoisotopic (exact) mass is 406 g/mol. The summed E-state index contributed by atoms with van der Waals surface area (Å²) in [6, 6.07) is 13.1. The number of halogens is 1. The summed E-state index contributed by atoms with van der Waals surface area (Å²) in [5.41, 5.74) is 2.00. The summed E-state index contributed by atoms with van der Waals surface area (Å²) in [5, 5.41) is 5.79. The first-order chi connectivity index (χ1) is 12.0. The summed E-state index contributed by atoms with van der Waals surface area (Å²) in [5.74, 6) is 1.59. The van der Waals surface area contributed by atoms with Crippen molar-refractivity contribution in [3.63, 3.8) is 0 Å². The van der Waals surface area contributed by atoms with E-state index in [-0.39, 0.29) is 12.1 Å². The summed E-state index contributed by atoms with van der Waals surface area (Å²) in [4.78, 5) is 12.1. The third-order valence-electron chi connectivity index (χ3n) is 3.71. The Morgan fingerprint density at radius 2 is 1.92 bits per heavy atom. The predicted molar refractivity (Wildman–Crippen MR) is 102 cm³/mol. The van der Waals surface area contributed by atoms with E-state index in [9.17, 15) is 4.79 Å². The summed E-state index contributed by atoms with van der Waals surface area (Å²) in [6.45, 7) is 4.96. The molecule has 5 nitrogen and oxygen atoms in total. The van der Waals surface area contributed by atoms with Crippen LogP contribution in [0.15, 0.2) is 46.9 Å². The summed E-state index contributed by atoms with van der Waals surface area (Å²) in [6.07, 6.45) is 0. The highest BCUT2D eigenvalue weighted by molar-refractivity contribution is 9.10. The molecule has 1 unspecified atom stereocenters. The first-order valence-electron chi connectivity index (χ1n) is 8.13. The van der Waals surface area contributed by atoms with Gasteiger partial charge in [0.25, 0.3) is 0 Å². The number of carbonyl (C=O) groups is 1. The van der Waals surface area contributed by atoms with Gasteiger partial charge in [-0.25, -0.2) is 4.79 Å². The normalized spacial score (nSPS) is 11.5. The Bertz CT molecular complexity index is 704. The fourth-order valence-corrected chi connectivity index (χ4v) is 2.94. The average Bonchev–Trinajstić information content (AvgIpc) is 2.61. The Labute approximate surface area is 156 Å². The lowest BCUT2D eigenvalue weighted by Gasteiger charge is -2.16. The van der Waals surface area contributed by atoms with E-state index in [2.05, 4.69) is 26.6 Å². The minimum Gasteiger partial charge on any atom is -0.496 e. The van der Waals surface area contributed by atoms with Crippen molar-refractivity contribution in [1.82, 2.24) is 10.6 Å². The molecule has 0 aliphatic heterocycles. The second-order valence-corrected chi connectivity index (χ2v) is 6.37. The van der Waals surface area contributed by atoms with Crippen LogP contribution in [-0.4, -0.2) is 19.7 Å². The quantitative estimate of drug-likeness (QED) is 0.715. The Morgan fingerprint density at radius 1 is 1.20 bits per heavy atom. The van der Waals surface area contributed by atoms with Gasteiger partial charge in [-0.2, -0.15) is 0 Å². The Hall–Kier alpha value is -2.21. The van der Waals surface area contributed by atoms with Gasteiger partial charge in [0.2, 0.25) is 0 Å². The Morgan fingerprint density at radius 3 is 2.52 bits per heavy atom. The van der Waals surface area contributed by atoms with E-state index in [4.69, 9.17) is 9.47 Å². The molecule has 0 fully saturated rings. The number of hydrogen-bond acceptors (Lipinski definition) is 3. The molecule has 0 heterocycles. The molecule has 134 valence electrons. The minimum absolute atomic E-state index is 0.0988. The van der Waals surface area contributed by atoms with E-state index < -0.39 is 0 Å². The van der Waals surface area contributed by atoms with Gasteiger partial charge in [0.1, 0.15) is 11.5 Å². The highest BCUT2D eigenvalue weighted by Crippen LogP contribution is 2.25. The van der Waals surface area contributed by atoms with Gasteiger partial charge in [0.15, 0.2) is 0 Å². The molecule has 0 saturated heterocycles. The lowest BCUT2D eigenvalue weighted by molar-refractivity contribution is 0.237. The molecule has 0 saturated carbocycles. The van der Waals surface area contributed by atoms with Crippen LogP contribution in [0.5, 0.6) is 11.5 Å². The topological polar surface area (TPSA) is 59.6 Å². The second-order valence-electron chi connectivity index (χ2n) is 5.52. The van der Waals surface area contributed by atoms with Gasteiger partial charge in [-0.1, -0.05) is 18.2 Å². The Balaban J connectivity index is 1.85. The number of hydrogen-bond donors (Lipinski definition) is 2. The van der Waals surface area contributed by atoms with Crippen LogP contribution in [-0.2, 0) is 6.54 Å². The van der Waals surface area contributed by atoms with Crippen LogP contribution in [0.25, 0.3) is 0 Å². The van der Waals surface area contributed by atoms with Gasteiger partial charge in [-0.3, -0.25) is 0 Å². The molecule has 0 radical (unpaired) electrons. The van der Waals surface area contributed by atoms with Gasteiger partial charge >= 0.3 is 6.03 Å². The second kappa shape index (κ2) is 9.32. The number of urea groups is 1. The van der Waals surface area contributed by atoms with Crippen LogP contribution in [0.3, 0.4) is 0 Å². The first-order valence-corrected chi connectivity index (χ1v) is 8.92. The molecule has 1 atom stereocenters. The van der Waals surface area contributed by atoms with E-state index in [0.717, 1.165) is 27.1 Å². The van der Waals surface area contributed by atoms with Crippen LogP contribution in [0, 0.1) is 0 Å². The molecular weight excluding hydrogens is 384 g/mol. The lowest BCUT2D eigenvalue weighted by Crippen LogP contribution is -2.36. The van der Waals surface area contributed by atoms with Crippen LogP contribution >= 0.6 is 15.9 Å². The van der Waals surface area contributed by atoms with Crippen molar-refractivity contribution in [1.29, 1.82) is 0 Å². The van der Waals surface area contributed by atoms with Crippen molar-refractivity contribution in [2.45, 2.75) is 26.4 Å². The smallest absolute Gasteiger partial charge is 0.315 e. The van der Waals surface area contributed by atoms with E-state index >= 15 is 0 Å². The number of ether oxygens (including phenoxy) is 2. The van der Waals surface area contributed by atoms with Crippen molar-refractivity contribution >= 4 is 22.0 Å². The first kappa shape index (κ1) is 19.1. The zero-order valence-corrected chi connectivity index (χ0v) is 16.2. The van der Waals surface area contributed by atoms with E-state index in [1.807, 2.05) is 56.3 Å². The third kappa shape index (κ3) is 5.67. The average molecular weight is 407 g/mol. The van der Waals surface area contributed by atoms with Crippen LogP contribution in [0.4, 0.5) is 4.79 Å². The molecule has 2 aromatic rings. The van der Waals surface area contributed by atoms with E-state index in [1.165, 1.54) is 0 Å². The summed E-state index contributed by atoms with van der Waals surface area (Å²) < 4.78 is 11.5. The molecule has 2 rings (SSSR count). The Kier molecular flexibility index (Phi) is 7.13. The standard InChI is InChI=1S/C19H23BrN2O3/c1-4-25-16-8-6-15(7-9-16)13(2)22-19(23)21-12-14-5-10-18(24-3)17(20)11-14/h5-11,13H,4,12H2,1-3H3,(H2,21,22,23). The maximum Gasteiger partial charge on any atom is 0.315 e. The van der Waals surface area contributed by atoms with Crippen molar-refractivity contribution < 1.29 is 14.3 Å². The molecule has 2 aromatic carbocycles. The zero-order valence-electron chi connectivity index (χ0n) is 14.6. The fraction of sp³-hybridized carbons (Fsp3) is 0.316. The molecule has 0 aromatic heterocycles. The molecule has 25 heavy (non-hydrogen) atoms. The van der Waals surface area contributed by atoms with Gasteiger partial charge in [-0.15, -0.1) is 0 Å². The molecule has 0 spiro atoms. The molecule has 2 N–H and O–H groups in total. The van der Waals surface area contributed by atoms with Crippen molar-refractivity contribution in [2.24, 2.45) is 0 Å². The highest BCUT2D eigenvalue weighted by Gasteiger charge is 2.10. The minimum atomic E-state index is -0.215. The maximum absolute atomic E-state index is 12.1. The molecule has 2 amide bonds. The molecule has 6 heteroatoms. The molecule has 0 aliphatic carbocycles. The molecule has 0 aliphatic rings. The summed E-state index contributed by atoms with van der Waals surface area (Å²) in [7, 11) is 1.62. The van der Waals surface area contributed by atoms with E-state index in [1.54, 1.807) is 7.11 Å². The lowest BCUT2D eigenvalue weighted by atomic mass is 10.1. The number of nitrogens with one attached hydrogen (secondary N) is 2.